The topological polar surface area (TPSA) is 79.8 Å². The number of aryl methyl sites for hydroxylation is 1. The van der Waals surface area contributed by atoms with Crippen molar-refractivity contribution in [2.45, 2.75) is 26.3 Å². The molecule has 2 saturated heterocycles. The lowest BCUT2D eigenvalue weighted by molar-refractivity contribution is -0.127. The zero-order chi connectivity index (χ0) is 23.6. The lowest BCUT2D eigenvalue weighted by Gasteiger charge is -2.37. The average molecular weight is 468 g/mol. The Labute approximate surface area is 202 Å². The molecule has 4 heterocycles. The minimum Gasteiger partial charge on any atom is -0.492 e. The minimum atomic E-state index is -0.0382. The van der Waals surface area contributed by atoms with Crippen molar-refractivity contribution < 1.29 is 14.3 Å². The Kier molecular flexibility index (Phi) is 9.24. The first-order chi connectivity index (χ1) is 16.7. The van der Waals surface area contributed by atoms with Gasteiger partial charge in [0.05, 0.1) is 31.9 Å². The number of rotatable bonds is 10. The summed E-state index contributed by atoms with van der Waals surface area (Å²) in [6.07, 6.45) is 7.21. The molecular formula is C26H37N5O3. The predicted molar refractivity (Wildman–Crippen MR) is 130 cm³/mol. The summed E-state index contributed by atoms with van der Waals surface area (Å²) in [5.74, 6) is 1.18. The third kappa shape index (κ3) is 7.75. The summed E-state index contributed by atoms with van der Waals surface area (Å²) >= 11 is 0. The van der Waals surface area contributed by atoms with Gasteiger partial charge in [0.25, 0.3) is 0 Å². The van der Waals surface area contributed by atoms with Crippen LogP contribution in [0.25, 0.3) is 0 Å². The largest absolute Gasteiger partial charge is 0.492 e. The number of carbonyl (C=O) groups excluding carboxylic acids is 1. The fourth-order valence-electron chi connectivity index (χ4n) is 4.73. The molecule has 0 unspecified atom stereocenters. The van der Waals surface area contributed by atoms with Crippen LogP contribution in [0.1, 0.15) is 24.1 Å². The van der Waals surface area contributed by atoms with Gasteiger partial charge in [-0.15, -0.1) is 0 Å². The fourth-order valence-corrected chi connectivity index (χ4v) is 4.73. The van der Waals surface area contributed by atoms with Crippen LogP contribution in [-0.4, -0.2) is 84.8 Å². The maximum Gasteiger partial charge on any atom is 0.224 e. The molecule has 2 aromatic heterocycles. The van der Waals surface area contributed by atoms with E-state index in [1.54, 1.807) is 6.20 Å². The summed E-state index contributed by atoms with van der Waals surface area (Å²) in [5, 5.41) is 3.19. The first-order valence-electron chi connectivity index (χ1n) is 12.4. The summed E-state index contributed by atoms with van der Waals surface area (Å²) in [4.78, 5) is 26.3. The molecule has 4 rings (SSSR count). The van der Waals surface area contributed by atoms with Crippen molar-refractivity contribution in [2.24, 2.45) is 11.8 Å². The molecule has 0 spiro atoms. The molecular weight excluding hydrogens is 430 g/mol. The second kappa shape index (κ2) is 12.8. The average Bonchev–Trinajstić information content (AvgIpc) is 2.87. The number of pyridine rings is 2. The SMILES string of the molecule is Cc1ccc(OC[C@H]2C[C@@H](C(=O)NCCCN3CCOCC3)CN(Cc3ccncc3)C2)cn1. The van der Waals surface area contributed by atoms with Gasteiger partial charge in [0.2, 0.25) is 5.91 Å². The molecule has 2 aliphatic heterocycles. The molecule has 0 aliphatic carbocycles. The number of nitrogens with one attached hydrogen (secondary N) is 1. The monoisotopic (exact) mass is 467 g/mol. The molecule has 2 fully saturated rings. The highest BCUT2D eigenvalue weighted by atomic mass is 16.5. The van der Waals surface area contributed by atoms with Crippen molar-refractivity contribution in [3.63, 3.8) is 0 Å². The second-order valence-corrected chi connectivity index (χ2v) is 9.39. The van der Waals surface area contributed by atoms with Crippen molar-refractivity contribution in [1.82, 2.24) is 25.1 Å². The zero-order valence-electron chi connectivity index (χ0n) is 20.2. The number of aromatic nitrogens is 2. The predicted octanol–water partition coefficient (Wildman–Crippen LogP) is 2.14. The van der Waals surface area contributed by atoms with Gasteiger partial charge in [-0.2, -0.15) is 0 Å². The van der Waals surface area contributed by atoms with E-state index in [2.05, 4.69) is 25.1 Å². The quantitative estimate of drug-likeness (QED) is 0.536. The first-order valence-corrected chi connectivity index (χ1v) is 12.4. The van der Waals surface area contributed by atoms with Crippen LogP contribution in [0.2, 0.25) is 0 Å². The Balaban J connectivity index is 1.30. The third-order valence-electron chi connectivity index (χ3n) is 6.56. The highest BCUT2D eigenvalue weighted by Crippen LogP contribution is 2.25. The van der Waals surface area contributed by atoms with Gasteiger partial charge >= 0.3 is 0 Å². The van der Waals surface area contributed by atoms with E-state index < -0.39 is 0 Å². The Hall–Kier alpha value is -2.55. The number of piperidine rings is 1. The Bertz CT molecular complexity index is 874. The van der Waals surface area contributed by atoms with Crippen LogP contribution < -0.4 is 10.1 Å². The van der Waals surface area contributed by atoms with Crippen LogP contribution in [-0.2, 0) is 16.1 Å². The van der Waals surface area contributed by atoms with Gasteiger partial charge in [-0.1, -0.05) is 0 Å². The molecule has 2 aliphatic rings. The van der Waals surface area contributed by atoms with Gasteiger partial charge in [0, 0.05) is 63.3 Å². The molecule has 8 nitrogen and oxygen atoms in total. The van der Waals surface area contributed by atoms with E-state index in [1.807, 2.05) is 43.6 Å². The zero-order valence-corrected chi connectivity index (χ0v) is 20.2. The smallest absolute Gasteiger partial charge is 0.224 e. The number of ether oxygens (including phenoxy) is 2. The van der Waals surface area contributed by atoms with Gasteiger partial charge in [-0.05, 0) is 56.1 Å². The summed E-state index contributed by atoms with van der Waals surface area (Å²) in [6, 6.07) is 8.00. The molecule has 0 radical (unpaired) electrons. The molecule has 34 heavy (non-hydrogen) atoms. The number of morpholine rings is 1. The number of hydrogen-bond acceptors (Lipinski definition) is 7. The molecule has 2 aromatic rings. The van der Waals surface area contributed by atoms with Crippen LogP contribution in [0.3, 0.4) is 0 Å². The van der Waals surface area contributed by atoms with E-state index in [1.165, 1.54) is 5.56 Å². The molecule has 1 N–H and O–H groups in total. The van der Waals surface area contributed by atoms with Crippen LogP contribution in [0.15, 0.2) is 42.9 Å². The van der Waals surface area contributed by atoms with E-state index in [0.717, 1.165) is 76.8 Å². The number of carbonyl (C=O) groups is 1. The molecule has 184 valence electrons. The maximum atomic E-state index is 13.1. The van der Waals surface area contributed by atoms with Gasteiger partial charge < -0.3 is 14.8 Å². The number of nitrogens with zero attached hydrogens (tertiary/aromatic N) is 4. The third-order valence-corrected chi connectivity index (χ3v) is 6.56. The lowest BCUT2D eigenvalue weighted by Crippen LogP contribution is -2.47. The van der Waals surface area contributed by atoms with Gasteiger partial charge in [-0.3, -0.25) is 24.6 Å². The normalized spacial score (nSPS) is 21.8. The molecule has 1 amide bonds. The van der Waals surface area contributed by atoms with Crippen LogP contribution in [0.4, 0.5) is 0 Å². The summed E-state index contributed by atoms with van der Waals surface area (Å²) in [7, 11) is 0. The molecule has 0 saturated carbocycles. The molecule has 2 atom stereocenters. The fraction of sp³-hybridized carbons (Fsp3) is 0.577. The summed E-state index contributed by atoms with van der Waals surface area (Å²) in [6.45, 7) is 10.3. The number of hydrogen-bond donors (Lipinski definition) is 1. The number of amides is 1. The van der Waals surface area contributed by atoms with Crippen molar-refractivity contribution in [3.8, 4) is 5.75 Å². The molecule has 8 heteroatoms. The van der Waals surface area contributed by atoms with Crippen molar-refractivity contribution >= 4 is 5.91 Å². The first kappa shape index (κ1) is 24.6. The van der Waals surface area contributed by atoms with Gasteiger partial charge in [-0.25, -0.2) is 0 Å². The second-order valence-electron chi connectivity index (χ2n) is 9.39. The van der Waals surface area contributed by atoms with Crippen LogP contribution in [0, 0.1) is 18.8 Å². The Morgan fingerprint density at radius 3 is 2.74 bits per heavy atom. The standard InChI is InChI=1S/C26H37N5O3/c1-21-3-4-25(16-29-21)34-20-23-15-24(19-31(18-23)17-22-5-8-27-9-6-22)26(32)28-7-2-10-30-11-13-33-14-12-30/h3-6,8-9,16,23-24H,2,7,10-15,17-20H2,1H3,(H,28,32)/t23-,24+/m0/s1. The van der Waals surface area contributed by atoms with Crippen LogP contribution in [0.5, 0.6) is 5.75 Å². The Morgan fingerprint density at radius 1 is 1.15 bits per heavy atom. The van der Waals surface area contributed by atoms with Crippen molar-refractivity contribution in [1.29, 1.82) is 0 Å². The Morgan fingerprint density at radius 2 is 1.97 bits per heavy atom. The number of likely N-dealkylation sites (tertiary alicyclic amines) is 1. The van der Waals surface area contributed by atoms with E-state index in [9.17, 15) is 4.79 Å². The van der Waals surface area contributed by atoms with Gasteiger partial charge in [0.15, 0.2) is 0 Å². The van der Waals surface area contributed by atoms with Crippen LogP contribution >= 0.6 is 0 Å². The molecule has 0 bridgehead atoms. The highest BCUT2D eigenvalue weighted by Gasteiger charge is 2.32. The minimum absolute atomic E-state index is 0.0382. The van der Waals surface area contributed by atoms with Crippen molar-refractivity contribution in [2.75, 3.05) is 59.1 Å². The van der Waals surface area contributed by atoms with E-state index in [4.69, 9.17) is 9.47 Å². The van der Waals surface area contributed by atoms with Gasteiger partial charge in [0.1, 0.15) is 5.75 Å². The highest BCUT2D eigenvalue weighted by molar-refractivity contribution is 5.79. The van der Waals surface area contributed by atoms with E-state index in [0.29, 0.717) is 13.2 Å². The molecule has 0 aromatic carbocycles. The van der Waals surface area contributed by atoms with E-state index >= 15 is 0 Å². The summed E-state index contributed by atoms with van der Waals surface area (Å²) < 4.78 is 11.5. The lowest BCUT2D eigenvalue weighted by atomic mass is 9.88. The van der Waals surface area contributed by atoms with Crippen molar-refractivity contribution in [3.05, 3.63) is 54.1 Å². The summed E-state index contributed by atoms with van der Waals surface area (Å²) in [5.41, 5.74) is 2.18. The maximum absolute atomic E-state index is 13.1. The van der Waals surface area contributed by atoms with E-state index in [-0.39, 0.29) is 17.7 Å².